The third kappa shape index (κ3) is 2.37. The summed E-state index contributed by atoms with van der Waals surface area (Å²) in [5, 5.41) is 21.8. The van der Waals surface area contributed by atoms with E-state index in [0.717, 1.165) is 19.3 Å². The molecule has 0 aliphatic heterocycles. The van der Waals surface area contributed by atoms with Gasteiger partial charge in [0.05, 0.1) is 5.92 Å². The highest BCUT2D eigenvalue weighted by Crippen LogP contribution is 2.48. The first-order valence-corrected chi connectivity index (χ1v) is 7.30. The first-order chi connectivity index (χ1) is 9.97. The van der Waals surface area contributed by atoms with Crippen molar-refractivity contribution in [1.82, 2.24) is 5.32 Å². The molecule has 3 N–H and O–H groups in total. The summed E-state index contributed by atoms with van der Waals surface area (Å²) in [4.78, 5) is 23.8. The molecule has 4 unspecified atom stereocenters. The summed E-state index contributed by atoms with van der Waals surface area (Å²) in [6.07, 6.45) is 2.84. The first-order valence-electron chi connectivity index (χ1n) is 7.30. The third-order valence-electron chi connectivity index (χ3n) is 4.96. The Bertz CT molecular complexity index is 598. The SMILES string of the molecule is Cc1cc(C(=O)NC2C3CCC(C3)C2C(=O)O)ccc1O. The number of aromatic hydroxyl groups is 1. The predicted octanol–water partition coefficient (Wildman–Crippen LogP) is 1.93. The molecule has 0 heterocycles. The van der Waals surface area contributed by atoms with Gasteiger partial charge in [-0.05, 0) is 61.8 Å². The third-order valence-corrected chi connectivity index (χ3v) is 4.96. The Hall–Kier alpha value is -2.04. The molecule has 1 aromatic carbocycles. The number of carboxylic acids is 1. The number of carbonyl (C=O) groups is 2. The van der Waals surface area contributed by atoms with Gasteiger partial charge in [-0.1, -0.05) is 0 Å². The number of hydrogen-bond donors (Lipinski definition) is 3. The van der Waals surface area contributed by atoms with Crippen LogP contribution in [0.4, 0.5) is 0 Å². The van der Waals surface area contributed by atoms with Gasteiger partial charge in [0.2, 0.25) is 0 Å². The average Bonchev–Trinajstić information content (AvgIpc) is 3.02. The lowest BCUT2D eigenvalue weighted by Gasteiger charge is -2.28. The number of carboxylic acid groups (broad SMARTS) is 1. The topological polar surface area (TPSA) is 86.6 Å². The number of hydrogen-bond acceptors (Lipinski definition) is 3. The van der Waals surface area contributed by atoms with Crippen molar-refractivity contribution < 1.29 is 19.8 Å². The predicted molar refractivity (Wildman–Crippen MR) is 76.1 cm³/mol. The van der Waals surface area contributed by atoms with Crippen molar-refractivity contribution in [3.63, 3.8) is 0 Å². The number of amides is 1. The lowest BCUT2D eigenvalue weighted by atomic mass is 9.84. The standard InChI is InChI=1S/C16H19NO4/c1-8-6-11(4-5-12(8)18)15(19)17-14-10-3-2-9(7-10)13(14)16(20)21/h4-6,9-10,13-14,18H,2-3,7H2,1H3,(H,17,19)(H,20,21). The van der Waals surface area contributed by atoms with E-state index < -0.39 is 11.9 Å². The summed E-state index contributed by atoms with van der Waals surface area (Å²) >= 11 is 0. The van der Waals surface area contributed by atoms with Crippen LogP contribution >= 0.6 is 0 Å². The van der Waals surface area contributed by atoms with Crippen molar-refractivity contribution in [2.24, 2.45) is 17.8 Å². The normalized spacial score (nSPS) is 30.3. The van der Waals surface area contributed by atoms with Crippen LogP contribution in [0, 0.1) is 24.7 Å². The van der Waals surface area contributed by atoms with Gasteiger partial charge in [0.1, 0.15) is 5.75 Å². The molecule has 0 aromatic heterocycles. The maximum atomic E-state index is 12.3. The molecule has 0 radical (unpaired) electrons. The van der Waals surface area contributed by atoms with Crippen LogP contribution in [0.5, 0.6) is 5.75 Å². The minimum atomic E-state index is -0.811. The monoisotopic (exact) mass is 289 g/mol. The van der Waals surface area contributed by atoms with Gasteiger partial charge >= 0.3 is 5.97 Å². The fraction of sp³-hybridized carbons (Fsp3) is 0.500. The second-order valence-corrected chi connectivity index (χ2v) is 6.20. The zero-order valence-electron chi connectivity index (χ0n) is 11.9. The number of aliphatic carboxylic acids is 1. The van der Waals surface area contributed by atoms with Gasteiger partial charge < -0.3 is 15.5 Å². The van der Waals surface area contributed by atoms with Crippen LogP contribution in [0.3, 0.4) is 0 Å². The number of fused-ring (bicyclic) bond motifs is 2. The highest BCUT2D eigenvalue weighted by Gasteiger charge is 2.51. The van der Waals surface area contributed by atoms with Crippen LogP contribution in [-0.4, -0.2) is 28.1 Å². The molecule has 2 aliphatic rings. The Labute approximate surface area is 123 Å². The number of nitrogens with one attached hydrogen (secondary N) is 1. The van der Waals surface area contributed by atoms with Gasteiger partial charge in [-0.3, -0.25) is 9.59 Å². The molecule has 0 spiro atoms. The molecule has 2 bridgehead atoms. The molecule has 1 amide bonds. The Morgan fingerprint density at radius 1 is 1.24 bits per heavy atom. The quantitative estimate of drug-likeness (QED) is 0.793. The second-order valence-electron chi connectivity index (χ2n) is 6.20. The van der Waals surface area contributed by atoms with E-state index >= 15 is 0 Å². The maximum Gasteiger partial charge on any atom is 0.308 e. The molecule has 4 atom stereocenters. The largest absolute Gasteiger partial charge is 0.508 e. The minimum absolute atomic E-state index is 0.148. The van der Waals surface area contributed by atoms with Crippen LogP contribution in [0.15, 0.2) is 18.2 Å². The maximum absolute atomic E-state index is 12.3. The van der Waals surface area contributed by atoms with E-state index in [1.807, 2.05) is 0 Å². The summed E-state index contributed by atoms with van der Waals surface area (Å²) < 4.78 is 0. The minimum Gasteiger partial charge on any atom is -0.508 e. The molecular formula is C16H19NO4. The molecular weight excluding hydrogens is 270 g/mol. The van der Waals surface area contributed by atoms with Crippen LogP contribution in [0.2, 0.25) is 0 Å². The van der Waals surface area contributed by atoms with Gasteiger partial charge in [0, 0.05) is 11.6 Å². The highest BCUT2D eigenvalue weighted by molar-refractivity contribution is 5.95. The number of carbonyl (C=O) groups excluding carboxylic acids is 1. The van der Waals surface area contributed by atoms with E-state index in [0.29, 0.717) is 11.1 Å². The van der Waals surface area contributed by atoms with Crippen molar-refractivity contribution in [3.05, 3.63) is 29.3 Å². The van der Waals surface area contributed by atoms with E-state index in [9.17, 15) is 19.8 Å². The Morgan fingerprint density at radius 2 is 1.95 bits per heavy atom. The Balaban J connectivity index is 1.77. The zero-order chi connectivity index (χ0) is 15.1. The number of phenols is 1. The Kier molecular flexibility index (Phi) is 3.35. The van der Waals surface area contributed by atoms with E-state index in [1.54, 1.807) is 19.1 Å². The van der Waals surface area contributed by atoms with Gasteiger partial charge in [-0.15, -0.1) is 0 Å². The van der Waals surface area contributed by atoms with Gasteiger partial charge in [-0.25, -0.2) is 0 Å². The van der Waals surface area contributed by atoms with Gasteiger partial charge in [0.15, 0.2) is 0 Å². The first kappa shape index (κ1) is 13.9. The zero-order valence-corrected chi connectivity index (χ0v) is 11.9. The van der Waals surface area contributed by atoms with Crippen molar-refractivity contribution in [2.75, 3.05) is 0 Å². The molecule has 3 rings (SSSR count). The van der Waals surface area contributed by atoms with Crippen molar-refractivity contribution in [2.45, 2.75) is 32.2 Å². The lowest BCUT2D eigenvalue weighted by Crippen LogP contribution is -2.46. The van der Waals surface area contributed by atoms with Crippen molar-refractivity contribution >= 4 is 11.9 Å². The highest BCUT2D eigenvalue weighted by atomic mass is 16.4. The molecule has 2 saturated carbocycles. The van der Waals surface area contributed by atoms with E-state index in [4.69, 9.17) is 0 Å². The molecule has 21 heavy (non-hydrogen) atoms. The molecule has 0 saturated heterocycles. The van der Waals surface area contributed by atoms with Crippen LogP contribution < -0.4 is 5.32 Å². The number of phenolic OH excluding ortho intramolecular Hbond substituents is 1. The van der Waals surface area contributed by atoms with E-state index in [2.05, 4.69) is 5.32 Å². The molecule has 2 fully saturated rings. The van der Waals surface area contributed by atoms with E-state index in [-0.39, 0.29) is 29.5 Å². The summed E-state index contributed by atoms with van der Waals surface area (Å²) in [5.41, 5.74) is 1.09. The Morgan fingerprint density at radius 3 is 2.62 bits per heavy atom. The van der Waals surface area contributed by atoms with Gasteiger partial charge in [-0.2, -0.15) is 0 Å². The second kappa shape index (κ2) is 5.06. The van der Waals surface area contributed by atoms with E-state index in [1.165, 1.54) is 6.07 Å². The molecule has 112 valence electrons. The van der Waals surface area contributed by atoms with Crippen LogP contribution in [0.1, 0.15) is 35.2 Å². The molecule has 2 aliphatic carbocycles. The average molecular weight is 289 g/mol. The number of benzene rings is 1. The van der Waals surface area contributed by atoms with Crippen molar-refractivity contribution in [3.8, 4) is 5.75 Å². The van der Waals surface area contributed by atoms with Crippen LogP contribution in [-0.2, 0) is 4.79 Å². The molecule has 1 aromatic rings. The number of rotatable bonds is 3. The summed E-state index contributed by atoms with van der Waals surface area (Å²) in [6, 6.07) is 4.39. The number of aryl methyl sites for hydroxylation is 1. The smallest absolute Gasteiger partial charge is 0.308 e. The summed E-state index contributed by atoms with van der Waals surface area (Å²) in [6.45, 7) is 1.73. The fourth-order valence-corrected chi connectivity index (χ4v) is 3.89. The van der Waals surface area contributed by atoms with Crippen molar-refractivity contribution in [1.29, 1.82) is 0 Å². The lowest BCUT2D eigenvalue weighted by molar-refractivity contribution is -0.144. The fourth-order valence-electron chi connectivity index (χ4n) is 3.89. The van der Waals surface area contributed by atoms with Gasteiger partial charge in [0.25, 0.3) is 5.91 Å². The molecule has 5 heteroatoms. The summed E-state index contributed by atoms with van der Waals surface area (Å²) in [5.74, 6) is -0.922. The summed E-state index contributed by atoms with van der Waals surface area (Å²) in [7, 11) is 0. The molecule has 5 nitrogen and oxygen atoms in total. The van der Waals surface area contributed by atoms with Crippen LogP contribution in [0.25, 0.3) is 0 Å².